The monoisotopic (exact) mass is 462 g/mol. The van der Waals surface area contributed by atoms with Crippen molar-refractivity contribution in [2.24, 2.45) is 5.73 Å². The van der Waals surface area contributed by atoms with Crippen LogP contribution in [0.4, 0.5) is 22.0 Å². The molecule has 0 saturated carbocycles. The first-order valence-corrected chi connectivity index (χ1v) is 9.40. The van der Waals surface area contributed by atoms with Gasteiger partial charge in [0.05, 0.1) is 0 Å². The molecule has 4 nitrogen and oxygen atoms in total. The predicted molar refractivity (Wildman–Crippen MR) is 91.9 cm³/mol. The van der Waals surface area contributed by atoms with Crippen molar-refractivity contribution in [2.75, 3.05) is 0 Å². The number of aryl methyl sites for hydroxylation is 1. The van der Waals surface area contributed by atoms with Gasteiger partial charge in [-0.3, -0.25) is 0 Å². The van der Waals surface area contributed by atoms with Crippen LogP contribution in [-0.2, 0) is 0 Å². The molecule has 0 unspecified atom stereocenters. The van der Waals surface area contributed by atoms with E-state index in [0.717, 1.165) is 24.3 Å². The van der Waals surface area contributed by atoms with Gasteiger partial charge in [0, 0.05) is 0 Å². The van der Waals surface area contributed by atoms with Crippen LogP contribution in [0.5, 0.6) is 5.75 Å². The predicted octanol–water partition coefficient (Wildman–Crippen LogP) is 4.06. The summed E-state index contributed by atoms with van der Waals surface area (Å²) in [5.74, 6) is -3.03. The molecular weight excluding hydrogens is 450 g/mol. The van der Waals surface area contributed by atoms with Gasteiger partial charge in [0.15, 0.2) is 0 Å². The number of halogens is 5. The number of rotatable bonds is 4. The molecule has 2 aromatic carbocycles. The van der Waals surface area contributed by atoms with Crippen LogP contribution in [0.1, 0.15) is 14.9 Å². The van der Waals surface area contributed by atoms with E-state index in [1.807, 2.05) is 0 Å². The number of nitrogens with two attached hydrogens (primary N) is 1. The van der Waals surface area contributed by atoms with Gasteiger partial charge in [-0.1, -0.05) is 0 Å². The molecular formula is C18H11F5N2O2Se. The molecule has 0 aliphatic carbocycles. The number of aromatic nitrogens is 1. The zero-order valence-electron chi connectivity index (χ0n) is 14.1. The molecule has 1 amide bonds. The van der Waals surface area contributed by atoms with Gasteiger partial charge >= 0.3 is 161 Å². The first-order valence-electron chi connectivity index (χ1n) is 7.68. The molecule has 2 N–H and O–H groups in total. The van der Waals surface area contributed by atoms with Crippen molar-refractivity contribution >= 4 is 20.4 Å². The maximum absolute atomic E-state index is 14.3. The molecule has 0 spiro atoms. The van der Waals surface area contributed by atoms with Gasteiger partial charge in [-0.25, -0.2) is 0 Å². The number of hydrogen-bond donors (Lipinski definition) is 1. The van der Waals surface area contributed by atoms with Crippen LogP contribution < -0.4 is 10.5 Å². The quantitative estimate of drug-likeness (QED) is 0.471. The molecule has 146 valence electrons. The van der Waals surface area contributed by atoms with Crippen LogP contribution in [0, 0.1) is 18.6 Å². The molecule has 0 fully saturated rings. The fourth-order valence-electron chi connectivity index (χ4n) is 2.59. The molecule has 0 radical (unpaired) electrons. The zero-order valence-corrected chi connectivity index (χ0v) is 15.8. The van der Waals surface area contributed by atoms with Crippen LogP contribution in [0.25, 0.3) is 21.3 Å². The van der Waals surface area contributed by atoms with E-state index in [-0.39, 0.29) is 10.3 Å². The summed E-state index contributed by atoms with van der Waals surface area (Å²) in [6.07, 6.45) is -4.85. The Hall–Kier alpha value is -2.71. The summed E-state index contributed by atoms with van der Waals surface area (Å²) in [5.41, 5.74) is 5.50. The molecule has 1 heterocycles. The van der Waals surface area contributed by atoms with E-state index in [0.29, 0.717) is 15.6 Å². The molecule has 3 aromatic rings. The van der Waals surface area contributed by atoms with E-state index in [9.17, 15) is 26.7 Å². The molecule has 0 aliphatic rings. The Morgan fingerprint density at radius 1 is 1.14 bits per heavy atom. The third-order valence-electron chi connectivity index (χ3n) is 3.71. The summed E-state index contributed by atoms with van der Waals surface area (Å²) in [6.45, 7) is 1.51. The second-order valence-electron chi connectivity index (χ2n) is 5.68. The number of primary amides is 1. The Labute approximate surface area is 161 Å². The minimum absolute atomic E-state index is 0.0461. The van der Waals surface area contributed by atoms with Crippen molar-refractivity contribution in [3.8, 4) is 27.0 Å². The fraction of sp³-hybridized carbons (Fsp3) is 0.111. The fourth-order valence-corrected chi connectivity index (χ4v) is 4.72. The van der Waals surface area contributed by atoms with E-state index in [2.05, 4.69) is 9.72 Å². The maximum atomic E-state index is 14.3. The Balaban J connectivity index is 2.18. The van der Waals surface area contributed by atoms with Gasteiger partial charge in [-0.05, 0) is 0 Å². The normalized spacial score (nSPS) is 11.5. The van der Waals surface area contributed by atoms with E-state index < -0.39 is 49.7 Å². The Kier molecular flexibility index (Phi) is 5.27. The molecule has 0 aliphatic heterocycles. The number of hydrogen-bond acceptors (Lipinski definition) is 3. The first-order chi connectivity index (χ1) is 13.1. The van der Waals surface area contributed by atoms with E-state index >= 15 is 0 Å². The van der Waals surface area contributed by atoms with Gasteiger partial charge in [0.2, 0.25) is 0 Å². The van der Waals surface area contributed by atoms with Crippen LogP contribution in [0.3, 0.4) is 0 Å². The van der Waals surface area contributed by atoms with E-state index in [4.69, 9.17) is 5.73 Å². The number of alkyl halides is 3. The average molecular weight is 461 g/mol. The first kappa shape index (κ1) is 20.0. The third kappa shape index (κ3) is 4.07. The molecule has 10 heteroatoms. The van der Waals surface area contributed by atoms with Crippen molar-refractivity contribution in [3.63, 3.8) is 0 Å². The number of carbonyl (C=O) groups excluding carboxylic acids is 1. The standard InChI is InChI=1S/C18H11F5N2O2Se/c1-8-7-9(27-18(21,22)23)5-6-10(8)15-14(25-17(28-15)16(24)26)13-11(19)3-2-4-12(13)20/h2-7H,1H3,(H2,24,26). The second-order valence-corrected chi connectivity index (χ2v) is 7.78. The van der Waals surface area contributed by atoms with Crippen LogP contribution >= 0.6 is 0 Å². The number of nitrogens with zero attached hydrogens (tertiary/aromatic N) is 1. The topological polar surface area (TPSA) is 65.2 Å². The zero-order chi connectivity index (χ0) is 20.6. The summed E-state index contributed by atoms with van der Waals surface area (Å²) in [5, 5.41) is 0. The molecule has 3 rings (SSSR count). The summed E-state index contributed by atoms with van der Waals surface area (Å²) >= 11 is -0.785. The van der Waals surface area contributed by atoms with Gasteiger partial charge in [0.1, 0.15) is 0 Å². The summed E-state index contributed by atoms with van der Waals surface area (Å²) < 4.78 is 69.9. The number of amides is 1. The van der Waals surface area contributed by atoms with Crippen LogP contribution in [-0.4, -0.2) is 31.8 Å². The van der Waals surface area contributed by atoms with Gasteiger partial charge in [-0.15, -0.1) is 0 Å². The van der Waals surface area contributed by atoms with Gasteiger partial charge < -0.3 is 0 Å². The Morgan fingerprint density at radius 3 is 2.32 bits per heavy atom. The van der Waals surface area contributed by atoms with Crippen molar-refractivity contribution in [3.05, 3.63) is 58.2 Å². The molecule has 0 saturated heterocycles. The average Bonchev–Trinajstić information content (AvgIpc) is 2.98. The molecule has 0 atom stereocenters. The molecule has 1 aromatic heterocycles. The Bertz CT molecular complexity index is 1040. The summed E-state index contributed by atoms with van der Waals surface area (Å²) in [6, 6.07) is 6.81. The molecule has 28 heavy (non-hydrogen) atoms. The van der Waals surface area contributed by atoms with Crippen LogP contribution in [0.2, 0.25) is 0 Å². The number of benzene rings is 2. The van der Waals surface area contributed by atoms with E-state index in [1.165, 1.54) is 19.1 Å². The summed E-state index contributed by atoms with van der Waals surface area (Å²) in [4.78, 5) is 15.6. The van der Waals surface area contributed by atoms with E-state index in [1.54, 1.807) is 0 Å². The van der Waals surface area contributed by atoms with Crippen molar-refractivity contribution in [2.45, 2.75) is 13.3 Å². The Morgan fingerprint density at radius 2 is 1.79 bits per heavy atom. The third-order valence-corrected chi connectivity index (χ3v) is 6.03. The van der Waals surface area contributed by atoms with Crippen LogP contribution in [0.15, 0.2) is 36.4 Å². The van der Waals surface area contributed by atoms with Crippen molar-refractivity contribution in [1.29, 1.82) is 0 Å². The number of carbonyl (C=O) groups is 1. The SMILES string of the molecule is Cc1cc(OC(F)(F)F)ccc1-c1[se]c(C(N)=O)nc1-c1c(F)cccc1F. The van der Waals surface area contributed by atoms with Crippen molar-refractivity contribution in [1.82, 2.24) is 4.98 Å². The van der Waals surface area contributed by atoms with Gasteiger partial charge in [0.25, 0.3) is 0 Å². The molecule has 0 bridgehead atoms. The van der Waals surface area contributed by atoms with Gasteiger partial charge in [-0.2, -0.15) is 0 Å². The number of ether oxygens (including phenoxy) is 1. The van der Waals surface area contributed by atoms with Crippen molar-refractivity contribution < 1.29 is 31.5 Å². The second kappa shape index (κ2) is 7.37. The summed E-state index contributed by atoms with van der Waals surface area (Å²) in [7, 11) is 0. The minimum atomic E-state index is -4.85.